The first-order valence-electron chi connectivity index (χ1n) is 7.05. The van der Waals surface area contributed by atoms with E-state index in [-0.39, 0.29) is 24.0 Å². The largest absolute Gasteiger partial charge is 0.377 e. The first-order chi connectivity index (χ1) is 10.3. The number of halogens is 1. The van der Waals surface area contributed by atoms with Gasteiger partial charge >= 0.3 is 0 Å². The van der Waals surface area contributed by atoms with Crippen LogP contribution in [-0.2, 0) is 17.9 Å². The molecule has 0 fully saturated rings. The molecule has 0 bridgehead atoms. The predicted octanol–water partition coefficient (Wildman–Crippen LogP) is 3.77. The van der Waals surface area contributed by atoms with Crippen LogP contribution in [0.25, 0.3) is 0 Å². The summed E-state index contributed by atoms with van der Waals surface area (Å²) in [5.41, 5.74) is 9.09. The first kappa shape index (κ1) is 18.4. The van der Waals surface area contributed by atoms with E-state index in [4.69, 9.17) is 10.5 Å². The van der Waals surface area contributed by atoms with Gasteiger partial charge in [0.05, 0.1) is 13.2 Å². The summed E-state index contributed by atoms with van der Waals surface area (Å²) in [5.74, 6) is 0.416. The van der Waals surface area contributed by atoms with Gasteiger partial charge in [0.1, 0.15) is 0 Å². The average Bonchev–Trinajstić information content (AvgIpc) is 2.53. The van der Waals surface area contributed by atoms with E-state index >= 15 is 0 Å². The van der Waals surface area contributed by atoms with Gasteiger partial charge in [0.15, 0.2) is 5.96 Å². The van der Waals surface area contributed by atoms with E-state index in [1.54, 1.807) is 0 Å². The summed E-state index contributed by atoms with van der Waals surface area (Å²) in [4.78, 5) is 4.33. The quantitative estimate of drug-likeness (QED) is 0.432. The van der Waals surface area contributed by atoms with Crippen molar-refractivity contribution in [2.45, 2.75) is 20.1 Å². The van der Waals surface area contributed by atoms with Crippen molar-refractivity contribution in [3.05, 3.63) is 65.7 Å². The summed E-state index contributed by atoms with van der Waals surface area (Å²) in [7, 11) is 0. The van der Waals surface area contributed by atoms with Crippen LogP contribution in [0.5, 0.6) is 0 Å². The normalized spacial score (nSPS) is 10.9. The average molecular weight is 411 g/mol. The van der Waals surface area contributed by atoms with Gasteiger partial charge in [-0.2, -0.15) is 0 Å². The van der Waals surface area contributed by atoms with E-state index in [0.29, 0.717) is 19.1 Å². The maximum absolute atomic E-state index is 5.87. The molecule has 0 aliphatic rings. The van der Waals surface area contributed by atoms with Crippen LogP contribution in [0.15, 0.2) is 59.6 Å². The minimum Gasteiger partial charge on any atom is -0.377 e. The first-order valence-corrected chi connectivity index (χ1v) is 7.05. The Bertz CT molecular complexity index is 570. The zero-order chi connectivity index (χ0) is 14.9. The molecule has 0 aliphatic heterocycles. The topological polar surface area (TPSA) is 59.6 Å². The lowest BCUT2D eigenvalue weighted by Crippen LogP contribution is -2.22. The molecule has 2 aromatic rings. The van der Waals surface area contributed by atoms with Crippen LogP contribution in [0.1, 0.15) is 18.1 Å². The van der Waals surface area contributed by atoms with Crippen LogP contribution < -0.4 is 11.1 Å². The number of nitrogens with one attached hydrogen (secondary N) is 1. The number of hydrogen-bond donors (Lipinski definition) is 2. The third-order valence-corrected chi connectivity index (χ3v) is 2.97. The van der Waals surface area contributed by atoms with E-state index in [1.165, 1.54) is 5.56 Å². The second-order valence-corrected chi connectivity index (χ2v) is 4.65. The summed E-state index contributed by atoms with van der Waals surface area (Å²) in [6.45, 7) is 3.93. The van der Waals surface area contributed by atoms with Gasteiger partial charge in [0.25, 0.3) is 0 Å². The Morgan fingerprint density at radius 3 is 2.32 bits per heavy atom. The maximum Gasteiger partial charge on any atom is 0.193 e. The fourth-order valence-corrected chi connectivity index (χ4v) is 1.85. The maximum atomic E-state index is 5.87. The van der Waals surface area contributed by atoms with Crippen LogP contribution in [0.3, 0.4) is 0 Å². The highest BCUT2D eigenvalue weighted by molar-refractivity contribution is 14.0. The molecule has 0 radical (unpaired) electrons. The molecule has 0 atom stereocenters. The molecule has 5 heteroatoms. The van der Waals surface area contributed by atoms with Gasteiger partial charge < -0.3 is 15.8 Å². The van der Waals surface area contributed by atoms with Crippen molar-refractivity contribution in [2.24, 2.45) is 10.7 Å². The van der Waals surface area contributed by atoms with E-state index in [2.05, 4.69) is 22.4 Å². The van der Waals surface area contributed by atoms with Crippen LogP contribution in [0.4, 0.5) is 5.69 Å². The molecule has 4 nitrogen and oxygen atoms in total. The standard InChI is InChI=1S/C17H21N3O.HI/c1-2-21-13-15-10-8-14(9-11-15)12-19-17(18)20-16-6-4-3-5-7-16;/h3-11H,2,12-13H2,1H3,(H3,18,19,20);1H. The lowest BCUT2D eigenvalue weighted by molar-refractivity contribution is 0.134. The summed E-state index contributed by atoms with van der Waals surface area (Å²) >= 11 is 0. The van der Waals surface area contributed by atoms with Crippen molar-refractivity contribution in [2.75, 3.05) is 11.9 Å². The number of guanidine groups is 1. The van der Waals surface area contributed by atoms with Crippen molar-refractivity contribution in [1.29, 1.82) is 0 Å². The highest BCUT2D eigenvalue weighted by Gasteiger charge is 1.96. The summed E-state index contributed by atoms with van der Waals surface area (Å²) in [6.07, 6.45) is 0. The number of rotatable bonds is 6. The van der Waals surface area contributed by atoms with Crippen molar-refractivity contribution >= 4 is 35.6 Å². The number of benzene rings is 2. The lowest BCUT2D eigenvalue weighted by atomic mass is 10.1. The fraction of sp³-hybridized carbons (Fsp3) is 0.235. The highest BCUT2D eigenvalue weighted by atomic mass is 127. The molecule has 2 aromatic carbocycles. The van der Waals surface area contributed by atoms with Crippen molar-refractivity contribution < 1.29 is 4.74 Å². The Kier molecular flexibility index (Phi) is 8.54. The van der Waals surface area contributed by atoms with Gasteiger partial charge in [-0.1, -0.05) is 42.5 Å². The third-order valence-electron chi connectivity index (χ3n) is 2.97. The molecular formula is C17H22IN3O. The van der Waals surface area contributed by atoms with Gasteiger partial charge in [-0.15, -0.1) is 24.0 Å². The molecule has 0 unspecified atom stereocenters. The molecule has 0 amide bonds. The third kappa shape index (κ3) is 6.44. The number of para-hydroxylation sites is 1. The fourth-order valence-electron chi connectivity index (χ4n) is 1.85. The molecular weight excluding hydrogens is 389 g/mol. The molecule has 118 valence electrons. The van der Waals surface area contributed by atoms with Crippen LogP contribution in [-0.4, -0.2) is 12.6 Å². The Labute approximate surface area is 148 Å². The van der Waals surface area contributed by atoms with E-state index in [1.807, 2.05) is 49.4 Å². The second-order valence-electron chi connectivity index (χ2n) is 4.65. The van der Waals surface area contributed by atoms with E-state index in [0.717, 1.165) is 17.9 Å². The Balaban J connectivity index is 0.00000242. The van der Waals surface area contributed by atoms with Gasteiger partial charge in [-0.05, 0) is 30.2 Å². The number of hydrogen-bond acceptors (Lipinski definition) is 2. The number of nitrogens with zero attached hydrogens (tertiary/aromatic N) is 1. The van der Waals surface area contributed by atoms with E-state index < -0.39 is 0 Å². The number of anilines is 1. The number of ether oxygens (including phenoxy) is 1. The Morgan fingerprint density at radius 1 is 1.05 bits per heavy atom. The van der Waals surface area contributed by atoms with Gasteiger partial charge in [-0.3, -0.25) is 0 Å². The molecule has 0 heterocycles. The summed E-state index contributed by atoms with van der Waals surface area (Å²) in [5, 5.41) is 3.06. The lowest BCUT2D eigenvalue weighted by Gasteiger charge is -2.06. The molecule has 22 heavy (non-hydrogen) atoms. The van der Waals surface area contributed by atoms with Crippen molar-refractivity contribution in [3.8, 4) is 0 Å². The van der Waals surface area contributed by atoms with E-state index in [9.17, 15) is 0 Å². The number of nitrogens with two attached hydrogens (primary N) is 1. The van der Waals surface area contributed by atoms with Gasteiger partial charge in [0.2, 0.25) is 0 Å². The summed E-state index contributed by atoms with van der Waals surface area (Å²) in [6, 6.07) is 18.0. The SMILES string of the molecule is CCOCc1ccc(CN=C(N)Nc2ccccc2)cc1.I. The molecule has 0 saturated heterocycles. The van der Waals surface area contributed by atoms with Gasteiger partial charge in [0, 0.05) is 12.3 Å². The van der Waals surface area contributed by atoms with Crippen LogP contribution in [0.2, 0.25) is 0 Å². The molecule has 0 spiro atoms. The highest BCUT2D eigenvalue weighted by Crippen LogP contribution is 2.08. The molecule has 0 aromatic heterocycles. The van der Waals surface area contributed by atoms with Crippen molar-refractivity contribution in [3.63, 3.8) is 0 Å². The smallest absolute Gasteiger partial charge is 0.193 e. The molecule has 2 rings (SSSR count). The molecule has 3 N–H and O–H groups in total. The zero-order valence-electron chi connectivity index (χ0n) is 12.7. The van der Waals surface area contributed by atoms with Crippen LogP contribution >= 0.6 is 24.0 Å². The van der Waals surface area contributed by atoms with Crippen molar-refractivity contribution in [1.82, 2.24) is 0 Å². The monoisotopic (exact) mass is 411 g/mol. The predicted molar refractivity (Wildman–Crippen MR) is 103 cm³/mol. The Morgan fingerprint density at radius 2 is 1.68 bits per heavy atom. The van der Waals surface area contributed by atoms with Crippen LogP contribution in [0, 0.1) is 0 Å². The summed E-state index contributed by atoms with van der Waals surface area (Å²) < 4.78 is 5.37. The minimum atomic E-state index is 0. The molecule has 0 aliphatic carbocycles. The minimum absolute atomic E-state index is 0. The Hall–Kier alpha value is -1.60. The zero-order valence-corrected chi connectivity index (χ0v) is 15.0. The van der Waals surface area contributed by atoms with Gasteiger partial charge in [-0.25, -0.2) is 4.99 Å². The number of aliphatic imine (C=N–C) groups is 1. The second kappa shape index (κ2) is 10.2. The molecule has 0 saturated carbocycles.